The molecule has 0 radical (unpaired) electrons. The van der Waals surface area contributed by atoms with Crippen LogP contribution in [-0.2, 0) is 20.3 Å². The van der Waals surface area contributed by atoms with Crippen LogP contribution in [0.3, 0.4) is 0 Å². The molecule has 0 amide bonds. The molecule has 0 fully saturated rings. The molecule has 0 saturated carbocycles. The lowest BCUT2D eigenvalue weighted by molar-refractivity contribution is 0.0603. The van der Waals surface area contributed by atoms with E-state index in [0.29, 0.717) is 21.6 Å². The number of nitrogens with zero attached hydrogens (tertiary/aromatic N) is 2. The first-order valence-corrected chi connectivity index (χ1v) is 9.71. The third-order valence-electron chi connectivity index (χ3n) is 3.35. The maximum Gasteiger partial charge on any atom is 0.351 e. The van der Waals surface area contributed by atoms with Crippen LogP contribution in [0.1, 0.15) is 15.2 Å². The van der Waals surface area contributed by atoms with Gasteiger partial charge in [0.1, 0.15) is 17.1 Å². The Morgan fingerprint density at radius 2 is 2.12 bits per heavy atom. The van der Waals surface area contributed by atoms with E-state index in [4.69, 9.17) is 0 Å². The quantitative estimate of drug-likeness (QED) is 0.710. The van der Waals surface area contributed by atoms with Crippen molar-refractivity contribution in [3.8, 4) is 10.8 Å². The van der Waals surface area contributed by atoms with Crippen molar-refractivity contribution in [1.29, 1.82) is 0 Å². The van der Waals surface area contributed by atoms with E-state index >= 15 is 0 Å². The largest absolute Gasteiger partial charge is 0.506 e. The van der Waals surface area contributed by atoms with E-state index in [2.05, 4.69) is 9.72 Å². The second kappa shape index (κ2) is 5.91. The van der Waals surface area contributed by atoms with E-state index in [0.717, 1.165) is 11.3 Å². The van der Waals surface area contributed by atoms with E-state index in [1.54, 1.807) is 29.1 Å². The first-order valence-electron chi connectivity index (χ1n) is 6.83. The number of methoxy groups -OCH3 is 1. The Labute approximate surface area is 142 Å². The highest BCUT2D eigenvalue weighted by Crippen LogP contribution is 2.33. The van der Waals surface area contributed by atoms with Gasteiger partial charge in [0.05, 0.1) is 23.9 Å². The summed E-state index contributed by atoms with van der Waals surface area (Å²) >= 11 is 1.06. The first-order chi connectivity index (χ1) is 11.3. The molecule has 0 bridgehead atoms. The van der Waals surface area contributed by atoms with Crippen molar-refractivity contribution in [2.24, 2.45) is 0 Å². The highest BCUT2D eigenvalue weighted by Gasteiger charge is 2.18. The summed E-state index contributed by atoms with van der Waals surface area (Å²) in [5.74, 6) is -0.862. The second-order valence-corrected chi connectivity index (χ2v) is 8.47. The summed E-state index contributed by atoms with van der Waals surface area (Å²) < 4.78 is 29.3. The van der Waals surface area contributed by atoms with E-state index in [9.17, 15) is 18.3 Å². The average molecular weight is 366 g/mol. The minimum Gasteiger partial charge on any atom is -0.506 e. The molecule has 0 aliphatic rings. The Morgan fingerprint density at radius 1 is 1.38 bits per heavy atom. The number of imidazole rings is 1. The number of fused-ring (bicyclic) bond motifs is 1. The Hall–Kier alpha value is -2.39. The molecule has 1 N–H and O–H groups in total. The van der Waals surface area contributed by atoms with Gasteiger partial charge < -0.3 is 9.84 Å². The molecule has 9 heteroatoms. The van der Waals surface area contributed by atoms with Gasteiger partial charge in [-0.15, -0.1) is 11.3 Å². The van der Waals surface area contributed by atoms with Crippen LogP contribution in [0.4, 0.5) is 0 Å². The molecular formula is C15H14N2O5S2. The third kappa shape index (κ3) is 3.13. The summed E-state index contributed by atoms with van der Waals surface area (Å²) in [6.07, 6.45) is 2.73. The summed E-state index contributed by atoms with van der Waals surface area (Å²) in [6.45, 7) is 0. The standard InChI is InChI=1S/C15H14N2O5S2/c1-22-15(19)14-12(18)6-13(23-14)17-8-16-10-4-3-9(5-11(10)17)7-24(2,20)21/h3-6,8,18H,7H2,1-2H3. The summed E-state index contributed by atoms with van der Waals surface area (Å²) in [5, 5.41) is 10.5. The Bertz CT molecular complexity index is 1030. The van der Waals surface area contributed by atoms with Gasteiger partial charge in [-0.25, -0.2) is 18.2 Å². The molecule has 2 aromatic heterocycles. The number of aromatic hydroxyl groups is 1. The first kappa shape index (κ1) is 16.5. The van der Waals surface area contributed by atoms with Crippen molar-refractivity contribution in [3.63, 3.8) is 0 Å². The van der Waals surface area contributed by atoms with Gasteiger partial charge in [-0.05, 0) is 17.7 Å². The molecular weight excluding hydrogens is 352 g/mol. The van der Waals surface area contributed by atoms with Gasteiger partial charge in [-0.2, -0.15) is 0 Å². The third-order valence-corrected chi connectivity index (χ3v) is 5.31. The zero-order chi connectivity index (χ0) is 17.5. The van der Waals surface area contributed by atoms with Gasteiger partial charge >= 0.3 is 5.97 Å². The van der Waals surface area contributed by atoms with Gasteiger partial charge in [0.25, 0.3) is 0 Å². The van der Waals surface area contributed by atoms with Crippen molar-refractivity contribution in [1.82, 2.24) is 9.55 Å². The topological polar surface area (TPSA) is 98.5 Å². The lowest BCUT2D eigenvalue weighted by Crippen LogP contribution is -2.00. The highest BCUT2D eigenvalue weighted by atomic mass is 32.2. The predicted octanol–water partition coefficient (Wildman–Crippen LogP) is 2.12. The highest BCUT2D eigenvalue weighted by molar-refractivity contribution is 7.89. The van der Waals surface area contributed by atoms with Crippen LogP contribution in [0.2, 0.25) is 0 Å². The normalized spacial score (nSPS) is 11.8. The molecule has 2 heterocycles. The summed E-state index contributed by atoms with van der Waals surface area (Å²) in [4.78, 5) is 16.0. The summed E-state index contributed by atoms with van der Waals surface area (Å²) in [6, 6.07) is 6.63. The van der Waals surface area contributed by atoms with Crippen molar-refractivity contribution in [2.75, 3.05) is 13.4 Å². The molecule has 24 heavy (non-hydrogen) atoms. The predicted molar refractivity (Wildman–Crippen MR) is 90.5 cm³/mol. The molecule has 0 saturated heterocycles. The fraction of sp³-hybridized carbons (Fsp3) is 0.200. The fourth-order valence-corrected chi connectivity index (χ4v) is 4.09. The summed E-state index contributed by atoms with van der Waals surface area (Å²) in [7, 11) is -1.91. The molecule has 0 atom stereocenters. The number of carbonyl (C=O) groups is 1. The van der Waals surface area contributed by atoms with Gasteiger partial charge in [-0.3, -0.25) is 4.57 Å². The van der Waals surface area contributed by atoms with Gasteiger partial charge in [-0.1, -0.05) is 6.07 Å². The SMILES string of the molecule is COC(=O)c1sc(-n2cnc3ccc(CS(C)(=O)=O)cc32)cc1O. The number of carbonyl (C=O) groups excluding carboxylic acids is 1. The van der Waals surface area contributed by atoms with Crippen LogP contribution < -0.4 is 0 Å². The number of hydrogen-bond donors (Lipinski definition) is 1. The maximum absolute atomic E-state index is 11.6. The van der Waals surface area contributed by atoms with Crippen molar-refractivity contribution in [2.45, 2.75) is 5.75 Å². The fourth-order valence-electron chi connectivity index (χ4n) is 2.35. The number of benzene rings is 1. The Kier molecular flexibility index (Phi) is 4.06. The number of rotatable bonds is 4. The number of sulfone groups is 1. The molecule has 7 nitrogen and oxygen atoms in total. The van der Waals surface area contributed by atoms with Crippen molar-refractivity contribution < 1.29 is 23.1 Å². The molecule has 0 aliphatic carbocycles. The van der Waals surface area contributed by atoms with Crippen molar-refractivity contribution >= 4 is 38.2 Å². The van der Waals surface area contributed by atoms with Gasteiger partial charge in [0.2, 0.25) is 0 Å². The van der Waals surface area contributed by atoms with E-state index in [-0.39, 0.29) is 16.4 Å². The number of thiophene rings is 1. The smallest absolute Gasteiger partial charge is 0.351 e. The molecule has 126 valence electrons. The van der Waals surface area contributed by atoms with Crippen LogP contribution in [0.15, 0.2) is 30.6 Å². The minimum absolute atomic E-state index is 0.0722. The molecule has 0 spiro atoms. The Morgan fingerprint density at radius 3 is 2.79 bits per heavy atom. The monoisotopic (exact) mass is 366 g/mol. The lowest BCUT2D eigenvalue weighted by atomic mass is 10.2. The number of hydrogen-bond acceptors (Lipinski definition) is 7. The molecule has 0 unspecified atom stereocenters. The molecule has 3 rings (SSSR count). The minimum atomic E-state index is -3.15. The van der Waals surface area contributed by atoms with E-state index in [1.165, 1.54) is 19.4 Å². The number of esters is 1. The molecule has 1 aromatic carbocycles. The van der Waals surface area contributed by atoms with Crippen LogP contribution in [-0.4, -0.2) is 42.4 Å². The van der Waals surface area contributed by atoms with E-state index in [1.807, 2.05) is 0 Å². The van der Waals surface area contributed by atoms with Crippen LogP contribution in [0, 0.1) is 0 Å². The zero-order valence-electron chi connectivity index (χ0n) is 12.9. The molecule has 0 aliphatic heterocycles. The molecule has 3 aromatic rings. The van der Waals surface area contributed by atoms with Crippen LogP contribution in [0.25, 0.3) is 16.0 Å². The number of ether oxygens (including phenoxy) is 1. The van der Waals surface area contributed by atoms with Gasteiger partial charge in [0, 0.05) is 12.3 Å². The van der Waals surface area contributed by atoms with Gasteiger partial charge in [0.15, 0.2) is 14.7 Å². The van der Waals surface area contributed by atoms with Crippen LogP contribution >= 0.6 is 11.3 Å². The lowest BCUT2D eigenvalue weighted by Gasteiger charge is -2.03. The zero-order valence-corrected chi connectivity index (χ0v) is 14.5. The van der Waals surface area contributed by atoms with Crippen LogP contribution in [0.5, 0.6) is 5.75 Å². The van der Waals surface area contributed by atoms with E-state index < -0.39 is 15.8 Å². The second-order valence-electron chi connectivity index (χ2n) is 5.30. The van der Waals surface area contributed by atoms with Crippen molar-refractivity contribution in [3.05, 3.63) is 41.0 Å². The maximum atomic E-state index is 11.6. The number of aromatic nitrogens is 2. The summed E-state index contributed by atoms with van der Waals surface area (Å²) in [5.41, 5.74) is 2.01. The Balaban J connectivity index is 2.10. The average Bonchev–Trinajstić information content (AvgIpc) is 3.07.